The second-order valence-corrected chi connectivity index (χ2v) is 8.99. The fourth-order valence-electron chi connectivity index (χ4n) is 4.56. The zero-order valence-electron chi connectivity index (χ0n) is 20.6. The van der Waals surface area contributed by atoms with E-state index in [4.69, 9.17) is 13.9 Å². The van der Waals surface area contributed by atoms with Gasteiger partial charge < -0.3 is 23.9 Å². The van der Waals surface area contributed by atoms with Crippen molar-refractivity contribution in [2.45, 2.75) is 13.0 Å². The van der Waals surface area contributed by atoms with Crippen LogP contribution in [0.15, 0.2) is 82.2 Å². The zero-order chi connectivity index (χ0) is 25.8. The van der Waals surface area contributed by atoms with E-state index in [2.05, 4.69) is 17.0 Å². The molecule has 8 nitrogen and oxygen atoms in total. The minimum Gasteiger partial charge on any atom is -0.507 e. The summed E-state index contributed by atoms with van der Waals surface area (Å²) >= 11 is 0. The largest absolute Gasteiger partial charge is 0.507 e. The Kier molecular flexibility index (Phi) is 7.09. The van der Waals surface area contributed by atoms with Crippen molar-refractivity contribution in [3.05, 3.63) is 88.8 Å². The number of ether oxygens (including phenoxy) is 2. The van der Waals surface area contributed by atoms with Gasteiger partial charge in [0.2, 0.25) is 5.43 Å². The Morgan fingerprint density at radius 2 is 1.76 bits per heavy atom. The molecule has 0 radical (unpaired) electrons. The summed E-state index contributed by atoms with van der Waals surface area (Å²) in [6, 6.07) is 19.9. The zero-order valence-corrected chi connectivity index (χ0v) is 20.6. The number of aromatic hydroxyl groups is 1. The Morgan fingerprint density at radius 1 is 0.973 bits per heavy atom. The molecule has 0 aliphatic carbocycles. The Labute approximate surface area is 214 Å². The quantitative estimate of drug-likeness (QED) is 0.417. The number of phenolic OH excluding ortho intramolecular Hbond substituents is 1. The number of carbonyl (C=O) groups is 1. The van der Waals surface area contributed by atoms with Gasteiger partial charge in [0.05, 0.1) is 12.7 Å². The molecule has 8 heteroatoms. The van der Waals surface area contributed by atoms with Gasteiger partial charge in [-0.1, -0.05) is 42.5 Å². The molecule has 0 atom stereocenters. The summed E-state index contributed by atoms with van der Waals surface area (Å²) in [7, 11) is 1.56. The van der Waals surface area contributed by atoms with Gasteiger partial charge in [-0.15, -0.1) is 0 Å². The van der Waals surface area contributed by atoms with Crippen molar-refractivity contribution in [2.24, 2.45) is 0 Å². The van der Waals surface area contributed by atoms with Crippen LogP contribution in [0.2, 0.25) is 0 Å². The molecule has 0 saturated carbocycles. The maximum Gasteiger partial charge on any atom is 0.415 e. The van der Waals surface area contributed by atoms with Crippen LogP contribution in [0.25, 0.3) is 22.1 Å². The van der Waals surface area contributed by atoms with Gasteiger partial charge in [-0.25, -0.2) is 4.79 Å². The van der Waals surface area contributed by atoms with Gasteiger partial charge in [0.1, 0.15) is 34.5 Å². The van der Waals surface area contributed by atoms with Gasteiger partial charge >= 0.3 is 6.09 Å². The average Bonchev–Trinajstić information content (AvgIpc) is 3.15. The first-order valence-corrected chi connectivity index (χ1v) is 12.2. The summed E-state index contributed by atoms with van der Waals surface area (Å²) in [5.74, 6) is 0.464. The van der Waals surface area contributed by atoms with Crippen molar-refractivity contribution in [2.75, 3.05) is 33.3 Å². The van der Waals surface area contributed by atoms with E-state index >= 15 is 0 Å². The van der Waals surface area contributed by atoms with Gasteiger partial charge in [0.15, 0.2) is 0 Å². The molecule has 0 bridgehead atoms. The standard InChI is InChI=1S/C29H28N2O6/c1-35-22-10-8-21(9-11-22)24-19-36-26-17-23(16-25(32)27(26)28(24)33)37-29(34)31-13-5-12-30(14-15-31)18-20-6-3-2-4-7-20/h2-4,6-11,16-17,19,32H,5,12-15,18H2,1H3. The molecular formula is C29H28N2O6. The molecule has 0 unspecified atom stereocenters. The SMILES string of the molecule is COc1ccc(-c2coc3cc(OC(=O)N4CCCN(Cc5ccccc5)CC4)cc(O)c3c2=O)cc1. The minimum absolute atomic E-state index is 0.0273. The normalized spacial score (nSPS) is 14.4. The fraction of sp³-hybridized carbons (Fsp3) is 0.241. The van der Waals surface area contributed by atoms with Crippen molar-refractivity contribution < 1.29 is 23.8 Å². The molecule has 1 fully saturated rings. The van der Waals surface area contributed by atoms with E-state index in [1.165, 1.54) is 24.0 Å². The summed E-state index contributed by atoms with van der Waals surface area (Å²) in [5.41, 5.74) is 1.93. The third-order valence-corrected chi connectivity index (χ3v) is 6.53. The van der Waals surface area contributed by atoms with Crippen molar-refractivity contribution in [1.82, 2.24) is 9.80 Å². The third kappa shape index (κ3) is 5.44. The molecule has 1 N–H and O–H groups in total. The van der Waals surface area contributed by atoms with Crippen molar-refractivity contribution in [1.29, 1.82) is 0 Å². The summed E-state index contributed by atoms with van der Waals surface area (Å²) in [6.45, 7) is 3.56. The smallest absolute Gasteiger partial charge is 0.415 e. The molecular weight excluding hydrogens is 472 g/mol. The molecule has 190 valence electrons. The number of fused-ring (bicyclic) bond motifs is 1. The molecule has 1 aromatic heterocycles. The Hall–Kier alpha value is -4.30. The number of hydrogen-bond acceptors (Lipinski definition) is 7. The van der Waals surface area contributed by atoms with Gasteiger partial charge in [-0.3, -0.25) is 9.69 Å². The van der Waals surface area contributed by atoms with Crippen LogP contribution < -0.4 is 14.9 Å². The Bertz CT molecular complexity index is 1450. The van der Waals surface area contributed by atoms with Crippen molar-refractivity contribution in [3.8, 4) is 28.4 Å². The number of rotatable bonds is 5. The Balaban J connectivity index is 1.29. The first kappa shape index (κ1) is 24.4. The maximum absolute atomic E-state index is 13.1. The predicted octanol–water partition coefficient (Wildman–Crippen LogP) is 4.88. The molecule has 37 heavy (non-hydrogen) atoms. The van der Waals surface area contributed by atoms with Crippen LogP contribution in [0, 0.1) is 0 Å². The third-order valence-electron chi connectivity index (χ3n) is 6.53. The highest BCUT2D eigenvalue weighted by atomic mass is 16.6. The molecule has 1 aliphatic heterocycles. The Morgan fingerprint density at radius 3 is 2.51 bits per heavy atom. The molecule has 2 heterocycles. The molecule has 4 aromatic rings. The topological polar surface area (TPSA) is 92.5 Å². The number of nitrogens with zero attached hydrogens (tertiary/aromatic N) is 2. The van der Waals surface area contributed by atoms with Crippen LogP contribution in [0.4, 0.5) is 4.79 Å². The number of benzene rings is 3. The van der Waals surface area contributed by atoms with Crippen molar-refractivity contribution in [3.63, 3.8) is 0 Å². The highest BCUT2D eigenvalue weighted by Gasteiger charge is 2.22. The van der Waals surface area contributed by atoms with E-state index in [0.717, 1.165) is 26.1 Å². The number of hydrogen-bond donors (Lipinski definition) is 1. The fourth-order valence-corrected chi connectivity index (χ4v) is 4.56. The van der Waals surface area contributed by atoms with Crippen LogP contribution >= 0.6 is 0 Å². The maximum atomic E-state index is 13.1. The lowest BCUT2D eigenvalue weighted by molar-refractivity contribution is 0.153. The summed E-state index contributed by atoms with van der Waals surface area (Å²) < 4.78 is 16.4. The highest BCUT2D eigenvalue weighted by molar-refractivity contribution is 5.88. The van der Waals surface area contributed by atoms with Crippen LogP contribution in [0.1, 0.15) is 12.0 Å². The van der Waals surface area contributed by atoms with E-state index in [0.29, 0.717) is 30.0 Å². The first-order chi connectivity index (χ1) is 18.0. The summed E-state index contributed by atoms with van der Waals surface area (Å²) in [4.78, 5) is 30.0. The monoisotopic (exact) mass is 500 g/mol. The minimum atomic E-state index is -0.502. The lowest BCUT2D eigenvalue weighted by Gasteiger charge is -2.21. The molecule has 1 aliphatic rings. The molecule has 0 spiro atoms. The first-order valence-electron chi connectivity index (χ1n) is 12.2. The molecule has 1 amide bonds. The lowest BCUT2D eigenvalue weighted by atomic mass is 10.0. The van der Waals surface area contributed by atoms with Crippen LogP contribution in [-0.2, 0) is 6.54 Å². The summed E-state index contributed by atoms with van der Waals surface area (Å²) in [6.07, 6.45) is 1.67. The molecule has 5 rings (SSSR count). The van der Waals surface area contributed by atoms with E-state index in [1.807, 2.05) is 18.2 Å². The van der Waals surface area contributed by atoms with Gasteiger partial charge in [-0.2, -0.15) is 0 Å². The highest BCUT2D eigenvalue weighted by Crippen LogP contribution is 2.31. The van der Waals surface area contributed by atoms with Crippen LogP contribution in [0.3, 0.4) is 0 Å². The van der Waals surface area contributed by atoms with Gasteiger partial charge in [0.25, 0.3) is 0 Å². The second-order valence-electron chi connectivity index (χ2n) is 8.99. The van der Waals surface area contributed by atoms with E-state index in [1.54, 1.807) is 36.3 Å². The van der Waals surface area contributed by atoms with Gasteiger partial charge in [0, 0.05) is 44.9 Å². The number of phenols is 1. The number of carbonyl (C=O) groups excluding carboxylic acids is 1. The van der Waals surface area contributed by atoms with Crippen LogP contribution in [-0.4, -0.2) is 54.3 Å². The number of amides is 1. The van der Waals surface area contributed by atoms with E-state index in [-0.39, 0.29) is 27.9 Å². The predicted molar refractivity (Wildman–Crippen MR) is 140 cm³/mol. The molecule has 3 aromatic carbocycles. The number of methoxy groups -OCH3 is 1. The van der Waals surface area contributed by atoms with E-state index < -0.39 is 6.09 Å². The second kappa shape index (κ2) is 10.8. The van der Waals surface area contributed by atoms with Crippen molar-refractivity contribution >= 4 is 17.1 Å². The van der Waals surface area contributed by atoms with Gasteiger partial charge in [-0.05, 0) is 29.7 Å². The van der Waals surface area contributed by atoms with E-state index in [9.17, 15) is 14.7 Å². The lowest BCUT2D eigenvalue weighted by Crippen LogP contribution is -2.37. The summed E-state index contributed by atoms with van der Waals surface area (Å²) in [5, 5.41) is 10.7. The van der Waals surface area contributed by atoms with Crippen LogP contribution in [0.5, 0.6) is 17.2 Å². The molecule has 1 saturated heterocycles. The average molecular weight is 501 g/mol.